The average Bonchev–Trinajstić information content (AvgIpc) is 2.08. The van der Waals surface area contributed by atoms with Crippen molar-refractivity contribution in [2.75, 3.05) is 19.7 Å². The summed E-state index contributed by atoms with van der Waals surface area (Å²) in [6.07, 6.45) is 0. The highest BCUT2D eigenvalue weighted by Crippen LogP contribution is 2.26. The van der Waals surface area contributed by atoms with Gasteiger partial charge in [0.05, 0.1) is 19.1 Å². The van der Waals surface area contributed by atoms with Crippen molar-refractivity contribution < 1.29 is 13.9 Å². The van der Waals surface area contributed by atoms with E-state index in [1.54, 1.807) is 0 Å². The van der Waals surface area contributed by atoms with Gasteiger partial charge in [0.1, 0.15) is 0 Å². The Balaban J connectivity index is 0.000000810. The van der Waals surface area contributed by atoms with Crippen LogP contribution in [0.25, 0.3) is 0 Å². The van der Waals surface area contributed by atoms with Crippen molar-refractivity contribution in [3.8, 4) is 0 Å². The SMILES string of the molecule is Cl.OCC1CNCC1(F)F. The van der Waals surface area contributed by atoms with Gasteiger partial charge >= 0.3 is 0 Å². The zero-order valence-corrected chi connectivity index (χ0v) is 6.13. The molecule has 1 aliphatic rings. The summed E-state index contributed by atoms with van der Waals surface area (Å²) in [5, 5.41) is 10.9. The first-order chi connectivity index (χ1) is 4.17. The van der Waals surface area contributed by atoms with Crippen LogP contribution in [0.15, 0.2) is 0 Å². The van der Waals surface area contributed by atoms with Gasteiger partial charge in [0, 0.05) is 6.54 Å². The molecule has 62 valence electrons. The first kappa shape index (κ1) is 10.1. The van der Waals surface area contributed by atoms with E-state index >= 15 is 0 Å². The van der Waals surface area contributed by atoms with Crippen LogP contribution in [0.2, 0.25) is 0 Å². The Morgan fingerprint density at radius 3 is 2.40 bits per heavy atom. The molecule has 10 heavy (non-hydrogen) atoms. The molecule has 1 fully saturated rings. The number of halogens is 3. The van der Waals surface area contributed by atoms with E-state index in [0.29, 0.717) is 0 Å². The Morgan fingerprint density at radius 2 is 2.20 bits per heavy atom. The van der Waals surface area contributed by atoms with Crippen molar-refractivity contribution >= 4 is 12.4 Å². The van der Waals surface area contributed by atoms with E-state index in [4.69, 9.17) is 5.11 Å². The van der Waals surface area contributed by atoms with Gasteiger partial charge in [0.15, 0.2) is 0 Å². The minimum absolute atomic E-state index is 0. The zero-order chi connectivity index (χ0) is 6.91. The van der Waals surface area contributed by atoms with E-state index in [9.17, 15) is 8.78 Å². The summed E-state index contributed by atoms with van der Waals surface area (Å²) in [6, 6.07) is 0. The maximum absolute atomic E-state index is 12.4. The molecule has 0 bridgehead atoms. The molecule has 5 heteroatoms. The highest BCUT2D eigenvalue weighted by Gasteiger charge is 2.43. The van der Waals surface area contributed by atoms with Gasteiger partial charge in [-0.15, -0.1) is 12.4 Å². The molecule has 1 aliphatic heterocycles. The molecule has 0 aromatic heterocycles. The fraction of sp³-hybridized carbons (Fsp3) is 1.00. The fourth-order valence-corrected chi connectivity index (χ4v) is 0.905. The van der Waals surface area contributed by atoms with Crippen LogP contribution in [0.1, 0.15) is 0 Å². The molecule has 0 saturated carbocycles. The van der Waals surface area contributed by atoms with Crippen LogP contribution >= 0.6 is 12.4 Å². The van der Waals surface area contributed by atoms with Gasteiger partial charge in [0.25, 0.3) is 5.92 Å². The fourth-order valence-electron chi connectivity index (χ4n) is 0.905. The minimum atomic E-state index is -2.70. The monoisotopic (exact) mass is 173 g/mol. The summed E-state index contributed by atoms with van der Waals surface area (Å²) < 4.78 is 24.8. The normalized spacial score (nSPS) is 29.7. The molecule has 0 aromatic rings. The number of alkyl halides is 2. The highest BCUT2D eigenvalue weighted by molar-refractivity contribution is 5.85. The van der Waals surface area contributed by atoms with Crippen molar-refractivity contribution in [1.82, 2.24) is 5.32 Å². The molecule has 1 atom stereocenters. The van der Waals surface area contributed by atoms with E-state index < -0.39 is 18.4 Å². The Kier molecular flexibility index (Phi) is 3.48. The third kappa shape index (κ3) is 1.78. The molecule has 1 heterocycles. The third-order valence-corrected chi connectivity index (χ3v) is 1.57. The summed E-state index contributed by atoms with van der Waals surface area (Å²) in [5.41, 5.74) is 0. The predicted molar refractivity (Wildman–Crippen MR) is 35.6 cm³/mol. The van der Waals surface area contributed by atoms with Crippen molar-refractivity contribution in [3.63, 3.8) is 0 Å². The van der Waals surface area contributed by atoms with Crippen molar-refractivity contribution in [3.05, 3.63) is 0 Å². The molecule has 0 aliphatic carbocycles. The summed E-state index contributed by atoms with van der Waals surface area (Å²) >= 11 is 0. The largest absolute Gasteiger partial charge is 0.396 e. The van der Waals surface area contributed by atoms with Crippen LogP contribution in [0.3, 0.4) is 0 Å². The summed E-state index contributed by atoms with van der Waals surface area (Å²) in [6.45, 7) is -0.498. The van der Waals surface area contributed by atoms with E-state index in [1.165, 1.54) is 0 Å². The Bertz CT molecular complexity index is 112. The van der Waals surface area contributed by atoms with Gasteiger partial charge in [0.2, 0.25) is 0 Å². The maximum atomic E-state index is 12.4. The zero-order valence-electron chi connectivity index (χ0n) is 5.31. The second kappa shape index (κ2) is 3.46. The van der Waals surface area contributed by atoms with Gasteiger partial charge in [-0.3, -0.25) is 0 Å². The van der Waals surface area contributed by atoms with Crippen LogP contribution in [0.4, 0.5) is 8.78 Å². The van der Waals surface area contributed by atoms with Gasteiger partial charge in [-0.1, -0.05) is 0 Å². The lowest BCUT2D eigenvalue weighted by Crippen LogP contribution is -2.29. The number of nitrogens with one attached hydrogen (secondary N) is 1. The molecule has 0 amide bonds. The number of rotatable bonds is 1. The molecule has 0 radical (unpaired) electrons. The van der Waals surface area contributed by atoms with Crippen LogP contribution in [-0.4, -0.2) is 30.7 Å². The Morgan fingerprint density at radius 1 is 1.60 bits per heavy atom. The van der Waals surface area contributed by atoms with E-state index in [2.05, 4.69) is 5.32 Å². The first-order valence-corrected chi connectivity index (χ1v) is 2.86. The van der Waals surface area contributed by atoms with Crippen molar-refractivity contribution in [1.29, 1.82) is 0 Å². The van der Waals surface area contributed by atoms with Crippen molar-refractivity contribution in [2.45, 2.75) is 5.92 Å². The van der Waals surface area contributed by atoms with Gasteiger partial charge in [-0.25, -0.2) is 8.78 Å². The number of hydrogen-bond acceptors (Lipinski definition) is 2. The van der Waals surface area contributed by atoms with E-state index in [0.717, 1.165) is 0 Å². The molecular weight excluding hydrogens is 164 g/mol. The molecule has 2 nitrogen and oxygen atoms in total. The molecule has 0 aromatic carbocycles. The minimum Gasteiger partial charge on any atom is -0.396 e. The number of hydrogen-bond donors (Lipinski definition) is 2. The Hall–Kier alpha value is 0.0700. The van der Waals surface area contributed by atoms with Gasteiger partial charge in [-0.05, 0) is 0 Å². The lowest BCUT2D eigenvalue weighted by Gasteiger charge is -2.13. The Labute approximate surface area is 64.0 Å². The van der Waals surface area contributed by atoms with Crippen LogP contribution in [0, 0.1) is 5.92 Å². The average molecular weight is 174 g/mol. The molecule has 1 rings (SSSR count). The molecule has 1 unspecified atom stereocenters. The van der Waals surface area contributed by atoms with E-state index in [1.807, 2.05) is 0 Å². The second-order valence-electron chi connectivity index (χ2n) is 2.27. The van der Waals surface area contributed by atoms with Crippen LogP contribution < -0.4 is 5.32 Å². The molecule has 2 N–H and O–H groups in total. The summed E-state index contributed by atoms with van der Waals surface area (Å²) in [4.78, 5) is 0. The lowest BCUT2D eigenvalue weighted by atomic mass is 10.1. The molecule has 0 spiro atoms. The highest BCUT2D eigenvalue weighted by atomic mass is 35.5. The number of aliphatic hydroxyl groups excluding tert-OH is 1. The standard InChI is InChI=1S/C5H9F2NO.ClH/c6-5(7)3-8-1-4(5)2-9;/h4,8-9H,1-3H2;1H. The first-order valence-electron chi connectivity index (χ1n) is 2.86. The third-order valence-electron chi connectivity index (χ3n) is 1.57. The van der Waals surface area contributed by atoms with Crippen LogP contribution in [0.5, 0.6) is 0 Å². The summed E-state index contributed by atoms with van der Waals surface area (Å²) in [5.74, 6) is -3.58. The maximum Gasteiger partial charge on any atom is 0.266 e. The second-order valence-corrected chi connectivity index (χ2v) is 2.27. The summed E-state index contributed by atoms with van der Waals surface area (Å²) in [7, 11) is 0. The van der Waals surface area contributed by atoms with Crippen LogP contribution in [-0.2, 0) is 0 Å². The van der Waals surface area contributed by atoms with Gasteiger partial charge in [-0.2, -0.15) is 0 Å². The predicted octanol–water partition coefficient (Wildman–Crippen LogP) is 0.255. The van der Waals surface area contributed by atoms with Gasteiger partial charge < -0.3 is 10.4 Å². The quantitative estimate of drug-likeness (QED) is 0.596. The molecule has 1 saturated heterocycles. The molecular formula is C5H10ClF2NO. The van der Waals surface area contributed by atoms with E-state index in [-0.39, 0.29) is 25.5 Å². The van der Waals surface area contributed by atoms with Crippen molar-refractivity contribution in [2.24, 2.45) is 5.92 Å². The number of aliphatic hydroxyl groups is 1. The topological polar surface area (TPSA) is 32.3 Å². The lowest BCUT2D eigenvalue weighted by molar-refractivity contribution is -0.0397. The smallest absolute Gasteiger partial charge is 0.266 e.